The highest BCUT2D eigenvalue weighted by molar-refractivity contribution is 6.10. The third kappa shape index (κ3) is 1.69. The quantitative estimate of drug-likeness (QED) is 0.764. The predicted molar refractivity (Wildman–Crippen MR) is 71.1 cm³/mol. The van der Waals surface area contributed by atoms with Gasteiger partial charge in [-0.15, -0.1) is 0 Å². The Morgan fingerprint density at radius 2 is 2.21 bits per heavy atom. The maximum absolute atomic E-state index is 11.9. The molecule has 0 saturated carbocycles. The first-order valence-electron chi connectivity index (χ1n) is 6.06. The highest BCUT2D eigenvalue weighted by Crippen LogP contribution is 2.35. The van der Waals surface area contributed by atoms with Crippen LogP contribution in [0.1, 0.15) is 5.56 Å². The molecule has 0 bridgehead atoms. The zero-order valence-corrected chi connectivity index (χ0v) is 10.8. The van der Waals surface area contributed by atoms with Crippen molar-refractivity contribution in [1.82, 2.24) is 4.57 Å². The normalized spacial score (nSPS) is 14.0. The van der Waals surface area contributed by atoms with Gasteiger partial charge in [-0.2, -0.15) is 0 Å². The van der Waals surface area contributed by atoms with E-state index in [1.54, 1.807) is 11.9 Å². The molecule has 0 fully saturated rings. The number of carbonyl (C=O) groups is 2. The largest absolute Gasteiger partial charge is 0.468 e. The van der Waals surface area contributed by atoms with Crippen molar-refractivity contribution in [3.05, 3.63) is 30.0 Å². The SMILES string of the molecule is COC(=O)Cn1cc2c3c(cccc31)CC(=O)N2C. The number of hydrogen-bond acceptors (Lipinski definition) is 3. The molecule has 1 aromatic carbocycles. The molecule has 1 aromatic heterocycles. The average Bonchev–Trinajstić information content (AvgIpc) is 2.77. The van der Waals surface area contributed by atoms with Crippen LogP contribution < -0.4 is 4.90 Å². The summed E-state index contributed by atoms with van der Waals surface area (Å²) in [5.41, 5.74) is 2.82. The van der Waals surface area contributed by atoms with E-state index in [1.165, 1.54) is 7.11 Å². The first-order valence-corrected chi connectivity index (χ1v) is 6.06. The van der Waals surface area contributed by atoms with Crippen molar-refractivity contribution in [2.75, 3.05) is 19.1 Å². The summed E-state index contributed by atoms with van der Waals surface area (Å²) in [6.07, 6.45) is 2.24. The van der Waals surface area contributed by atoms with Gasteiger partial charge in [0.1, 0.15) is 6.54 Å². The van der Waals surface area contributed by atoms with Crippen molar-refractivity contribution in [3.8, 4) is 0 Å². The molecule has 3 rings (SSSR count). The van der Waals surface area contributed by atoms with E-state index in [9.17, 15) is 9.59 Å². The van der Waals surface area contributed by atoms with E-state index in [-0.39, 0.29) is 18.4 Å². The molecule has 1 aliphatic heterocycles. The average molecular weight is 258 g/mol. The molecule has 0 aliphatic carbocycles. The Morgan fingerprint density at radius 1 is 1.42 bits per heavy atom. The third-order valence-corrected chi connectivity index (χ3v) is 3.58. The van der Waals surface area contributed by atoms with Crippen molar-refractivity contribution in [2.45, 2.75) is 13.0 Å². The van der Waals surface area contributed by atoms with Crippen LogP contribution >= 0.6 is 0 Å². The Hall–Kier alpha value is -2.30. The van der Waals surface area contributed by atoms with Gasteiger partial charge in [-0.1, -0.05) is 12.1 Å². The van der Waals surface area contributed by atoms with Gasteiger partial charge in [-0.3, -0.25) is 9.59 Å². The van der Waals surface area contributed by atoms with E-state index in [4.69, 9.17) is 4.74 Å². The lowest BCUT2D eigenvalue weighted by molar-refractivity contribution is -0.141. The summed E-state index contributed by atoms with van der Waals surface area (Å²) in [5.74, 6) is -0.238. The Labute approximate surface area is 110 Å². The van der Waals surface area contributed by atoms with Crippen LogP contribution in [0.4, 0.5) is 5.69 Å². The number of ether oxygens (including phenoxy) is 1. The van der Waals surface area contributed by atoms with Crippen LogP contribution in [0.3, 0.4) is 0 Å². The number of nitrogens with zero attached hydrogens (tertiary/aromatic N) is 2. The van der Waals surface area contributed by atoms with Crippen LogP contribution in [0.15, 0.2) is 24.4 Å². The lowest BCUT2D eigenvalue weighted by Crippen LogP contribution is -2.30. The van der Waals surface area contributed by atoms with Gasteiger partial charge in [-0.25, -0.2) is 0 Å². The van der Waals surface area contributed by atoms with E-state index in [2.05, 4.69) is 0 Å². The molecule has 2 aromatic rings. The van der Waals surface area contributed by atoms with Crippen LogP contribution in [-0.2, 0) is 27.3 Å². The van der Waals surface area contributed by atoms with Crippen LogP contribution in [0.25, 0.3) is 10.9 Å². The molecule has 0 atom stereocenters. The van der Waals surface area contributed by atoms with Crippen LogP contribution in [0, 0.1) is 0 Å². The number of benzene rings is 1. The third-order valence-electron chi connectivity index (χ3n) is 3.58. The smallest absolute Gasteiger partial charge is 0.325 e. The van der Waals surface area contributed by atoms with Gasteiger partial charge in [0.25, 0.3) is 0 Å². The molecule has 2 heterocycles. The first kappa shape index (κ1) is 11.8. The monoisotopic (exact) mass is 258 g/mol. The summed E-state index contributed by atoms with van der Waals surface area (Å²) in [7, 11) is 3.13. The minimum absolute atomic E-state index is 0.0656. The van der Waals surface area contributed by atoms with Gasteiger partial charge in [0.05, 0.1) is 24.7 Å². The summed E-state index contributed by atoms with van der Waals surface area (Å²) in [4.78, 5) is 25.0. The van der Waals surface area contributed by atoms with Crippen molar-refractivity contribution < 1.29 is 14.3 Å². The zero-order valence-electron chi connectivity index (χ0n) is 10.8. The number of anilines is 1. The van der Waals surface area contributed by atoms with Crippen molar-refractivity contribution in [2.24, 2.45) is 0 Å². The molecule has 98 valence electrons. The molecule has 5 nitrogen and oxygen atoms in total. The van der Waals surface area contributed by atoms with E-state index in [0.717, 1.165) is 22.2 Å². The molecule has 1 amide bonds. The van der Waals surface area contributed by atoms with Gasteiger partial charge >= 0.3 is 5.97 Å². The summed E-state index contributed by atoms with van der Waals surface area (Å²) in [6, 6.07) is 5.82. The maximum atomic E-state index is 11.9. The summed E-state index contributed by atoms with van der Waals surface area (Å²) in [5, 5.41) is 1.05. The molecule has 19 heavy (non-hydrogen) atoms. The van der Waals surface area contributed by atoms with E-state index in [1.807, 2.05) is 29.0 Å². The van der Waals surface area contributed by atoms with Crippen LogP contribution in [0.5, 0.6) is 0 Å². The minimum Gasteiger partial charge on any atom is -0.468 e. The van der Waals surface area contributed by atoms with Gasteiger partial charge in [0.15, 0.2) is 0 Å². The van der Waals surface area contributed by atoms with Crippen LogP contribution in [0.2, 0.25) is 0 Å². The predicted octanol–water partition coefficient (Wildman–Crippen LogP) is 1.33. The van der Waals surface area contributed by atoms with Gasteiger partial charge in [0.2, 0.25) is 5.91 Å². The molecule has 0 saturated heterocycles. The number of aromatic nitrogens is 1. The number of esters is 1. The van der Waals surface area contributed by atoms with Crippen molar-refractivity contribution >= 4 is 28.5 Å². The van der Waals surface area contributed by atoms with E-state index >= 15 is 0 Å². The van der Waals surface area contributed by atoms with Crippen LogP contribution in [-0.4, -0.2) is 30.6 Å². The lowest BCUT2D eigenvalue weighted by atomic mass is 10.0. The Balaban J connectivity index is 2.21. The lowest BCUT2D eigenvalue weighted by Gasteiger charge is -2.22. The molecule has 0 N–H and O–H groups in total. The number of likely N-dealkylation sites (N-methyl/N-ethyl adjacent to an activating group) is 1. The first-order chi connectivity index (χ1) is 9.11. The van der Waals surface area contributed by atoms with E-state index < -0.39 is 0 Å². The maximum Gasteiger partial charge on any atom is 0.325 e. The summed E-state index contributed by atoms with van der Waals surface area (Å²) < 4.78 is 6.53. The molecular formula is C14H14N2O3. The number of methoxy groups -OCH3 is 1. The number of amides is 1. The topological polar surface area (TPSA) is 51.5 Å². The fourth-order valence-electron chi connectivity index (χ4n) is 2.56. The van der Waals surface area contributed by atoms with E-state index in [0.29, 0.717) is 6.42 Å². The Morgan fingerprint density at radius 3 is 2.95 bits per heavy atom. The zero-order chi connectivity index (χ0) is 13.6. The molecule has 0 unspecified atom stereocenters. The van der Waals surface area contributed by atoms with Gasteiger partial charge in [-0.05, 0) is 11.6 Å². The standard InChI is InChI=1S/C14H14N2O3/c1-15-11-7-16(8-13(18)19-2)10-5-3-4-9(14(10)11)6-12(15)17/h3-5,7H,6,8H2,1-2H3. The number of carbonyl (C=O) groups excluding carboxylic acids is 2. The number of hydrogen-bond donors (Lipinski definition) is 0. The van der Waals surface area contributed by atoms with Crippen molar-refractivity contribution in [1.29, 1.82) is 0 Å². The van der Waals surface area contributed by atoms with Gasteiger partial charge < -0.3 is 14.2 Å². The summed E-state index contributed by atoms with van der Waals surface area (Å²) in [6.45, 7) is 0.151. The van der Waals surface area contributed by atoms with Gasteiger partial charge in [0, 0.05) is 18.6 Å². The fraction of sp³-hybridized carbons (Fsp3) is 0.286. The molecule has 0 spiro atoms. The van der Waals surface area contributed by atoms with Crippen molar-refractivity contribution in [3.63, 3.8) is 0 Å². The second-order valence-electron chi connectivity index (χ2n) is 4.66. The second kappa shape index (κ2) is 4.12. The minimum atomic E-state index is -0.304. The second-order valence-corrected chi connectivity index (χ2v) is 4.66. The Kier molecular flexibility index (Phi) is 2.55. The molecular weight excluding hydrogens is 244 g/mol. The fourth-order valence-corrected chi connectivity index (χ4v) is 2.56. The Bertz CT molecular complexity index is 687. The summed E-state index contributed by atoms with van der Waals surface area (Å²) >= 11 is 0. The highest BCUT2D eigenvalue weighted by Gasteiger charge is 2.25. The molecule has 5 heteroatoms. The molecule has 0 radical (unpaired) electrons. The number of rotatable bonds is 2. The molecule has 1 aliphatic rings. The highest BCUT2D eigenvalue weighted by atomic mass is 16.5.